The van der Waals surface area contributed by atoms with Crippen LogP contribution in [0.5, 0.6) is 0 Å². The van der Waals surface area contributed by atoms with Gasteiger partial charge in [-0.15, -0.1) is 11.3 Å². The molecule has 0 atom stereocenters. The quantitative estimate of drug-likeness (QED) is 0.466. The van der Waals surface area contributed by atoms with Crippen LogP contribution in [0, 0.1) is 25.5 Å². The molecule has 3 heterocycles. The summed E-state index contributed by atoms with van der Waals surface area (Å²) >= 11 is 1.52. The van der Waals surface area contributed by atoms with Crippen LogP contribution in [0.4, 0.5) is 19.3 Å². The molecule has 1 fully saturated rings. The molecule has 3 aromatic rings. The Bertz CT molecular complexity index is 1210. The number of anilines is 1. The number of ether oxygens (including phenoxy) is 2. The normalized spacial score (nSPS) is 17.2. The summed E-state index contributed by atoms with van der Waals surface area (Å²) in [6, 6.07) is 8.14. The predicted octanol–water partition coefficient (Wildman–Crippen LogP) is 6.20. The molecule has 0 spiro atoms. The summed E-state index contributed by atoms with van der Waals surface area (Å²) in [5.41, 5.74) is 3.96. The third-order valence-electron chi connectivity index (χ3n) is 6.62. The zero-order chi connectivity index (χ0) is 24.5. The lowest BCUT2D eigenvalue weighted by Crippen LogP contribution is -2.40. The summed E-state index contributed by atoms with van der Waals surface area (Å²) in [4.78, 5) is 19.3. The van der Waals surface area contributed by atoms with E-state index in [4.69, 9.17) is 14.5 Å². The lowest BCUT2D eigenvalue weighted by Gasteiger charge is -2.31. The Labute approximate surface area is 206 Å². The van der Waals surface area contributed by atoms with Crippen LogP contribution in [0.25, 0.3) is 0 Å². The Morgan fingerprint density at radius 2 is 1.71 bits per heavy atom. The lowest BCUT2D eigenvalue weighted by atomic mass is 9.98. The van der Waals surface area contributed by atoms with Gasteiger partial charge in [-0.1, -0.05) is 12.1 Å². The van der Waals surface area contributed by atoms with Gasteiger partial charge in [-0.05, 0) is 56.0 Å². The second-order valence-electron chi connectivity index (χ2n) is 9.06. The van der Waals surface area contributed by atoms with Crippen LogP contribution in [0.3, 0.4) is 0 Å². The fourth-order valence-electron chi connectivity index (χ4n) is 4.48. The number of hydrogen-bond acceptors (Lipinski definition) is 5. The van der Waals surface area contributed by atoms with Crippen molar-refractivity contribution < 1.29 is 23.0 Å². The highest BCUT2D eigenvalue weighted by atomic mass is 32.1. The molecule has 6 nitrogen and oxygen atoms in total. The van der Waals surface area contributed by atoms with Crippen molar-refractivity contribution in [3.05, 3.63) is 80.3 Å². The summed E-state index contributed by atoms with van der Waals surface area (Å²) in [6.45, 7) is 5.11. The van der Waals surface area contributed by atoms with Crippen molar-refractivity contribution in [1.82, 2.24) is 9.88 Å². The van der Waals surface area contributed by atoms with E-state index in [0.29, 0.717) is 18.8 Å². The van der Waals surface area contributed by atoms with Crippen LogP contribution in [-0.2, 0) is 22.7 Å². The minimum absolute atomic E-state index is 0.0790. The first-order valence-electron chi connectivity index (χ1n) is 11.7. The number of carbonyl (C=O) groups is 1. The highest BCUT2D eigenvalue weighted by Gasteiger charge is 2.29. The maximum absolute atomic E-state index is 14.1. The SMILES string of the molecule is Cc1ccc(C)c(NC(=O)N2CCC(c3nc(C4OCc5c(F)ccc(F)c5CO4)cs3)CC2)c1. The van der Waals surface area contributed by atoms with E-state index in [1.54, 1.807) is 0 Å². The Hall–Kier alpha value is -2.88. The van der Waals surface area contributed by atoms with Gasteiger partial charge in [-0.3, -0.25) is 0 Å². The van der Waals surface area contributed by atoms with Gasteiger partial charge in [0.05, 0.1) is 18.2 Å². The number of fused-ring (bicyclic) bond motifs is 1. The third-order valence-corrected chi connectivity index (χ3v) is 7.65. The van der Waals surface area contributed by atoms with Crippen molar-refractivity contribution in [2.24, 2.45) is 0 Å². The van der Waals surface area contributed by atoms with Gasteiger partial charge >= 0.3 is 6.03 Å². The number of likely N-dealkylation sites (tertiary alicyclic amines) is 1. The molecule has 184 valence electrons. The zero-order valence-corrected chi connectivity index (χ0v) is 20.5. The van der Waals surface area contributed by atoms with Crippen LogP contribution in [-0.4, -0.2) is 29.0 Å². The second kappa shape index (κ2) is 10.0. The molecule has 2 aliphatic rings. The van der Waals surface area contributed by atoms with Gasteiger partial charge in [-0.25, -0.2) is 18.6 Å². The second-order valence-corrected chi connectivity index (χ2v) is 9.95. The number of amides is 2. The van der Waals surface area contributed by atoms with Crippen LogP contribution < -0.4 is 5.32 Å². The minimum Gasteiger partial charge on any atom is -0.342 e. The Kier molecular flexibility index (Phi) is 6.82. The molecule has 0 saturated carbocycles. The van der Waals surface area contributed by atoms with Crippen molar-refractivity contribution in [2.75, 3.05) is 18.4 Å². The van der Waals surface area contributed by atoms with Crippen molar-refractivity contribution in [2.45, 2.75) is 52.1 Å². The molecule has 0 bridgehead atoms. The van der Waals surface area contributed by atoms with Gasteiger partial charge in [0.2, 0.25) is 6.29 Å². The largest absolute Gasteiger partial charge is 0.342 e. The summed E-state index contributed by atoms with van der Waals surface area (Å²) in [5.74, 6) is -0.771. The molecular formula is C26H27F2N3O3S. The van der Waals surface area contributed by atoms with Crippen LogP contribution in [0.15, 0.2) is 35.7 Å². The van der Waals surface area contributed by atoms with E-state index < -0.39 is 17.9 Å². The van der Waals surface area contributed by atoms with Crippen LogP contribution in [0.2, 0.25) is 0 Å². The van der Waals surface area contributed by atoms with E-state index in [1.807, 2.05) is 42.3 Å². The molecule has 0 aliphatic carbocycles. The maximum atomic E-state index is 14.1. The number of nitrogens with one attached hydrogen (secondary N) is 1. The number of thiazole rings is 1. The first kappa shape index (κ1) is 23.8. The van der Waals surface area contributed by atoms with Crippen molar-refractivity contribution in [3.63, 3.8) is 0 Å². The smallest absolute Gasteiger partial charge is 0.321 e. The molecule has 35 heavy (non-hydrogen) atoms. The highest BCUT2D eigenvalue weighted by molar-refractivity contribution is 7.09. The van der Waals surface area contributed by atoms with Gasteiger partial charge in [0, 0.05) is 41.2 Å². The van der Waals surface area contributed by atoms with Gasteiger partial charge in [0.15, 0.2) is 0 Å². The Morgan fingerprint density at radius 1 is 1.06 bits per heavy atom. The zero-order valence-electron chi connectivity index (χ0n) is 19.6. The third kappa shape index (κ3) is 5.07. The Morgan fingerprint density at radius 3 is 2.37 bits per heavy atom. The van der Waals surface area contributed by atoms with Crippen LogP contribution >= 0.6 is 11.3 Å². The number of carbonyl (C=O) groups excluding carboxylic acids is 1. The molecule has 5 rings (SSSR count). The number of benzene rings is 2. The number of nitrogens with zero attached hydrogens (tertiary/aromatic N) is 2. The molecule has 2 amide bonds. The molecule has 1 N–H and O–H groups in total. The molecular weight excluding hydrogens is 472 g/mol. The Balaban J connectivity index is 1.18. The van der Waals surface area contributed by atoms with Crippen molar-refractivity contribution in [3.8, 4) is 0 Å². The van der Waals surface area contributed by atoms with E-state index in [-0.39, 0.29) is 36.3 Å². The van der Waals surface area contributed by atoms with E-state index in [0.717, 1.165) is 46.8 Å². The standard InChI is InChI=1S/C26H27F2N3O3S/c1-15-3-4-16(2)22(11-15)30-26(32)31-9-7-17(8-10-31)24-29-23(14-35-24)25-33-12-18-19(13-34-25)21(28)6-5-20(18)27/h3-6,11,14,17,25H,7-10,12-13H2,1-2H3,(H,30,32). The van der Waals surface area contributed by atoms with Crippen LogP contribution in [0.1, 0.15) is 58.0 Å². The maximum Gasteiger partial charge on any atom is 0.321 e. The van der Waals surface area contributed by atoms with Gasteiger partial charge < -0.3 is 19.7 Å². The number of rotatable bonds is 3. The minimum atomic E-state index is -0.783. The summed E-state index contributed by atoms with van der Waals surface area (Å²) in [6.07, 6.45) is 0.831. The lowest BCUT2D eigenvalue weighted by molar-refractivity contribution is -0.155. The van der Waals surface area contributed by atoms with Gasteiger partial charge in [0.1, 0.15) is 17.3 Å². The number of aryl methyl sites for hydroxylation is 2. The first-order chi connectivity index (χ1) is 16.9. The number of piperidine rings is 1. The molecule has 9 heteroatoms. The topological polar surface area (TPSA) is 63.7 Å². The molecule has 0 radical (unpaired) electrons. The fourth-order valence-corrected chi connectivity index (χ4v) is 5.47. The number of halogens is 2. The predicted molar refractivity (Wildman–Crippen MR) is 129 cm³/mol. The summed E-state index contributed by atoms with van der Waals surface area (Å²) in [7, 11) is 0. The molecule has 2 aromatic carbocycles. The van der Waals surface area contributed by atoms with E-state index in [2.05, 4.69) is 5.32 Å². The highest BCUT2D eigenvalue weighted by Crippen LogP contribution is 2.35. The molecule has 0 unspecified atom stereocenters. The fraction of sp³-hybridized carbons (Fsp3) is 0.385. The first-order valence-corrected chi connectivity index (χ1v) is 12.5. The average molecular weight is 500 g/mol. The average Bonchev–Trinajstić information content (AvgIpc) is 3.23. The number of urea groups is 1. The number of aromatic nitrogens is 1. The number of hydrogen-bond donors (Lipinski definition) is 1. The van der Waals surface area contributed by atoms with Crippen molar-refractivity contribution in [1.29, 1.82) is 0 Å². The summed E-state index contributed by atoms with van der Waals surface area (Å²) < 4.78 is 39.7. The van der Waals surface area contributed by atoms with Gasteiger partial charge in [0.25, 0.3) is 0 Å². The summed E-state index contributed by atoms with van der Waals surface area (Å²) in [5, 5.41) is 5.87. The van der Waals surface area contributed by atoms with E-state index in [1.165, 1.54) is 11.3 Å². The van der Waals surface area contributed by atoms with Gasteiger partial charge in [-0.2, -0.15) is 0 Å². The molecule has 2 aliphatic heterocycles. The van der Waals surface area contributed by atoms with E-state index in [9.17, 15) is 13.6 Å². The molecule has 1 saturated heterocycles. The monoisotopic (exact) mass is 499 g/mol. The van der Waals surface area contributed by atoms with Crippen molar-refractivity contribution >= 4 is 23.1 Å². The van der Waals surface area contributed by atoms with E-state index >= 15 is 0 Å². The molecule has 1 aromatic heterocycles.